The maximum atomic E-state index is 12.4. The first-order valence-corrected chi connectivity index (χ1v) is 10.1. The number of rotatable bonds is 7. The van der Waals surface area contributed by atoms with E-state index in [9.17, 15) is 4.79 Å². The Balaban J connectivity index is 1.55. The van der Waals surface area contributed by atoms with Crippen LogP contribution in [0, 0.1) is 0 Å². The summed E-state index contributed by atoms with van der Waals surface area (Å²) >= 11 is 13.2. The third kappa shape index (κ3) is 5.19. The molecular weight excluding hydrogens is 419 g/mol. The number of carbonyl (C=O) groups excluding carboxylic acids is 1. The van der Waals surface area contributed by atoms with Gasteiger partial charge in [0.05, 0.1) is 22.9 Å². The highest BCUT2D eigenvalue weighted by molar-refractivity contribution is 7.99. The van der Waals surface area contributed by atoms with Gasteiger partial charge in [0, 0.05) is 19.2 Å². The number of ether oxygens (including phenoxy) is 1. The van der Waals surface area contributed by atoms with E-state index in [1.54, 1.807) is 31.2 Å². The van der Waals surface area contributed by atoms with Crippen molar-refractivity contribution >= 4 is 40.9 Å². The van der Waals surface area contributed by atoms with Crippen LogP contribution < -0.4 is 4.74 Å². The Morgan fingerprint density at radius 2 is 1.93 bits per heavy atom. The summed E-state index contributed by atoms with van der Waals surface area (Å²) in [7, 11) is 3.36. The van der Waals surface area contributed by atoms with Gasteiger partial charge in [-0.05, 0) is 42.0 Å². The summed E-state index contributed by atoms with van der Waals surface area (Å²) < 4.78 is 5.15. The number of H-pyrrole nitrogens is 1. The molecule has 28 heavy (non-hydrogen) atoms. The third-order valence-corrected chi connectivity index (χ3v) is 5.55. The Kier molecular flexibility index (Phi) is 6.83. The molecule has 0 aliphatic carbocycles. The molecule has 9 heteroatoms. The number of nitrogens with zero attached hydrogens (tertiary/aromatic N) is 3. The Bertz CT molecular complexity index is 963. The highest BCUT2D eigenvalue weighted by atomic mass is 35.5. The average Bonchev–Trinajstić information content (AvgIpc) is 3.18. The summed E-state index contributed by atoms with van der Waals surface area (Å²) in [5.41, 5.74) is 1.80. The van der Waals surface area contributed by atoms with Crippen LogP contribution >= 0.6 is 35.0 Å². The Morgan fingerprint density at radius 1 is 1.18 bits per heavy atom. The quantitative estimate of drug-likeness (QED) is 0.550. The van der Waals surface area contributed by atoms with E-state index in [0.717, 1.165) is 16.9 Å². The predicted molar refractivity (Wildman–Crippen MR) is 112 cm³/mol. The number of hydrogen-bond acceptors (Lipinski definition) is 5. The molecule has 1 aromatic heterocycles. The number of hydrogen-bond donors (Lipinski definition) is 1. The monoisotopic (exact) mass is 436 g/mol. The molecule has 0 aliphatic heterocycles. The van der Waals surface area contributed by atoms with E-state index >= 15 is 0 Å². The van der Waals surface area contributed by atoms with Gasteiger partial charge in [-0.3, -0.25) is 9.89 Å². The second-order valence-corrected chi connectivity index (χ2v) is 7.74. The summed E-state index contributed by atoms with van der Waals surface area (Å²) in [5.74, 6) is 1.61. The molecule has 3 aromatic rings. The molecule has 0 spiro atoms. The third-order valence-electron chi connectivity index (χ3n) is 3.98. The molecule has 1 heterocycles. The molecule has 0 bridgehead atoms. The summed E-state index contributed by atoms with van der Waals surface area (Å²) in [6.07, 6.45) is 0. The van der Waals surface area contributed by atoms with Gasteiger partial charge in [0.15, 0.2) is 5.82 Å². The van der Waals surface area contributed by atoms with Gasteiger partial charge in [-0.1, -0.05) is 41.0 Å². The van der Waals surface area contributed by atoms with Crippen molar-refractivity contribution in [2.24, 2.45) is 0 Å². The lowest BCUT2D eigenvalue weighted by atomic mass is 10.2. The number of nitrogens with one attached hydrogen (secondary N) is 1. The van der Waals surface area contributed by atoms with Crippen LogP contribution in [0.5, 0.6) is 5.75 Å². The number of thioether (sulfide) groups is 1. The predicted octanol–water partition coefficient (Wildman–Crippen LogP) is 4.54. The van der Waals surface area contributed by atoms with Crippen LogP contribution in [0.3, 0.4) is 0 Å². The first kappa shape index (κ1) is 20.5. The van der Waals surface area contributed by atoms with Gasteiger partial charge >= 0.3 is 0 Å². The highest BCUT2D eigenvalue weighted by Crippen LogP contribution is 2.24. The van der Waals surface area contributed by atoms with E-state index in [4.69, 9.17) is 27.9 Å². The van der Waals surface area contributed by atoms with Crippen molar-refractivity contribution in [2.75, 3.05) is 19.9 Å². The molecule has 1 amide bonds. The number of benzene rings is 2. The Hall–Kier alpha value is -2.22. The first-order valence-electron chi connectivity index (χ1n) is 8.34. The fraction of sp³-hybridized carbons (Fsp3) is 0.211. The van der Waals surface area contributed by atoms with Crippen LogP contribution in [-0.4, -0.2) is 45.9 Å². The number of halogens is 2. The minimum atomic E-state index is -0.0353. The van der Waals surface area contributed by atoms with Crippen LogP contribution in [-0.2, 0) is 11.3 Å². The summed E-state index contributed by atoms with van der Waals surface area (Å²) in [6, 6.07) is 12.8. The maximum absolute atomic E-state index is 12.4. The van der Waals surface area contributed by atoms with E-state index < -0.39 is 0 Å². The average molecular weight is 437 g/mol. The van der Waals surface area contributed by atoms with Crippen molar-refractivity contribution in [1.29, 1.82) is 0 Å². The number of methoxy groups -OCH3 is 1. The second kappa shape index (κ2) is 9.32. The van der Waals surface area contributed by atoms with Crippen molar-refractivity contribution in [3.8, 4) is 17.1 Å². The number of aromatic amines is 1. The smallest absolute Gasteiger partial charge is 0.233 e. The summed E-state index contributed by atoms with van der Waals surface area (Å²) in [6.45, 7) is 0.446. The van der Waals surface area contributed by atoms with Crippen molar-refractivity contribution in [1.82, 2.24) is 20.1 Å². The molecule has 2 aromatic carbocycles. The molecule has 146 valence electrons. The zero-order valence-corrected chi connectivity index (χ0v) is 17.6. The molecular formula is C19H18Cl2N4O2S. The number of carbonyl (C=O) groups is 1. The minimum absolute atomic E-state index is 0.0353. The van der Waals surface area contributed by atoms with E-state index in [-0.39, 0.29) is 11.7 Å². The lowest BCUT2D eigenvalue weighted by molar-refractivity contribution is -0.127. The topological polar surface area (TPSA) is 71.1 Å². The minimum Gasteiger partial charge on any atom is -0.497 e. The van der Waals surface area contributed by atoms with Crippen LogP contribution in [0.25, 0.3) is 11.4 Å². The van der Waals surface area contributed by atoms with Gasteiger partial charge in [-0.15, -0.1) is 5.10 Å². The van der Waals surface area contributed by atoms with Gasteiger partial charge in [0.2, 0.25) is 11.1 Å². The largest absolute Gasteiger partial charge is 0.497 e. The number of amides is 1. The van der Waals surface area contributed by atoms with Crippen molar-refractivity contribution < 1.29 is 9.53 Å². The van der Waals surface area contributed by atoms with Gasteiger partial charge in [0.1, 0.15) is 5.75 Å². The molecule has 0 aliphatic rings. The van der Waals surface area contributed by atoms with Crippen molar-refractivity contribution in [3.05, 3.63) is 58.1 Å². The fourth-order valence-corrected chi connectivity index (χ4v) is 3.49. The molecule has 0 radical (unpaired) electrons. The zero-order chi connectivity index (χ0) is 20.1. The molecule has 0 atom stereocenters. The Morgan fingerprint density at radius 3 is 2.61 bits per heavy atom. The fourth-order valence-electron chi connectivity index (χ4n) is 2.43. The maximum Gasteiger partial charge on any atom is 0.233 e. The highest BCUT2D eigenvalue weighted by Gasteiger charge is 2.13. The lowest BCUT2D eigenvalue weighted by Gasteiger charge is -2.17. The zero-order valence-electron chi connectivity index (χ0n) is 15.3. The van der Waals surface area contributed by atoms with E-state index in [1.807, 2.05) is 30.3 Å². The molecule has 0 fully saturated rings. The van der Waals surface area contributed by atoms with E-state index in [2.05, 4.69) is 15.2 Å². The molecule has 3 rings (SSSR count). The van der Waals surface area contributed by atoms with Crippen LogP contribution in [0.15, 0.2) is 47.6 Å². The van der Waals surface area contributed by atoms with Crippen molar-refractivity contribution in [2.45, 2.75) is 11.7 Å². The van der Waals surface area contributed by atoms with Crippen LogP contribution in [0.1, 0.15) is 5.56 Å². The summed E-state index contributed by atoms with van der Waals surface area (Å²) in [5, 5.41) is 8.54. The van der Waals surface area contributed by atoms with Crippen LogP contribution in [0.4, 0.5) is 0 Å². The van der Waals surface area contributed by atoms with E-state index in [0.29, 0.717) is 27.6 Å². The Labute approximate surface area is 177 Å². The molecule has 0 saturated carbocycles. The second-order valence-electron chi connectivity index (χ2n) is 5.98. The molecule has 0 unspecified atom stereocenters. The van der Waals surface area contributed by atoms with Crippen LogP contribution in [0.2, 0.25) is 10.0 Å². The van der Waals surface area contributed by atoms with Gasteiger partial charge in [-0.2, -0.15) is 0 Å². The first-order chi connectivity index (χ1) is 13.5. The van der Waals surface area contributed by atoms with E-state index in [1.165, 1.54) is 11.8 Å². The molecule has 1 N–H and O–H groups in total. The number of aromatic nitrogens is 3. The van der Waals surface area contributed by atoms with Crippen molar-refractivity contribution in [3.63, 3.8) is 0 Å². The van der Waals surface area contributed by atoms with Gasteiger partial charge < -0.3 is 9.64 Å². The normalized spacial score (nSPS) is 10.7. The SMILES string of the molecule is COc1ccc(-c2nc(SCC(=O)N(C)Cc3ccc(Cl)c(Cl)c3)n[nH]2)cc1. The summed E-state index contributed by atoms with van der Waals surface area (Å²) in [4.78, 5) is 18.4. The van der Waals surface area contributed by atoms with Gasteiger partial charge in [0.25, 0.3) is 0 Å². The lowest BCUT2D eigenvalue weighted by Crippen LogP contribution is -2.27. The standard InChI is InChI=1S/C19H18Cl2N4O2S/c1-25(10-12-3-8-15(20)16(21)9-12)17(26)11-28-19-22-18(23-24-19)13-4-6-14(27-2)7-5-13/h3-9H,10-11H2,1-2H3,(H,22,23,24). The van der Waals surface area contributed by atoms with Gasteiger partial charge in [-0.25, -0.2) is 4.98 Å². The molecule has 6 nitrogen and oxygen atoms in total. The molecule has 0 saturated heterocycles.